The van der Waals surface area contributed by atoms with Gasteiger partial charge in [0.05, 0.1) is 6.54 Å². The highest BCUT2D eigenvalue weighted by molar-refractivity contribution is 5.95. The lowest BCUT2D eigenvalue weighted by Crippen LogP contribution is -2.50. The Morgan fingerprint density at radius 2 is 2.33 bits per heavy atom. The SMILES string of the molecule is O=C1NCCN1C(=O)N1CCCC(Oc2ccncn2)C1. The van der Waals surface area contributed by atoms with Crippen molar-refractivity contribution in [3.63, 3.8) is 0 Å². The van der Waals surface area contributed by atoms with E-state index in [1.807, 2.05) is 0 Å². The summed E-state index contributed by atoms with van der Waals surface area (Å²) in [7, 11) is 0. The Labute approximate surface area is 122 Å². The van der Waals surface area contributed by atoms with E-state index in [0.29, 0.717) is 32.1 Å². The number of carbonyl (C=O) groups is 2. The van der Waals surface area contributed by atoms with Crippen LogP contribution in [-0.2, 0) is 0 Å². The molecule has 112 valence electrons. The van der Waals surface area contributed by atoms with E-state index in [-0.39, 0.29) is 18.2 Å². The zero-order chi connectivity index (χ0) is 14.7. The van der Waals surface area contributed by atoms with Crippen molar-refractivity contribution in [3.05, 3.63) is 18.6 Å². The van der Waals surface area contributed by atoms with Crippen LogP contribution in [0.4, 0.5) is 9.59 Å². The van der Waals surface area contributed by atoms with Gasteiger partial charge in [0.25, 0.3) is 0 Å². The number of piperidine rings is 1. The molecule has 0 aliphatic carbocycles. The van der Waals surface area contributed by atoms with Crippen molar-refractivity contribution in [1.29, 1.82) is 0 Å². The van der Waals surface area contributed by atoms with Crippen molar-refractivity contribution >= 4 is 12.1 Å². The van der Waals surface area contributed by atoms with Crippen LogP contribution in [-0.4, -0.2) is 64.1 Å². The van der Waals surface area contributed by atoms with Crippen LogP contribution in [0.1, 0.15) is 12.8 Å². The number of amides is 4. The standard InChI is InChI=1S/C13H17N5O3/c19-12-15-5-7-18(12)13(20)17-6-1-2-10(8-17)21-11-3-4-14-9-16-11/h3-4,9-10H,1-2,5-8H2,(H,15,19). The molecule has 0 aromatic carbocycles. The third-order valence-corrected chi connectivity index (χ3v) is 3.58. The predicted octanol–water partition coefficient (Wildman–Crippen LogP) is 0.465. The van der Waals surface area contributed by atoms with Gasteiger partial charge in [0, 0.05) is 31.9 Å². The van der Waals surface area contributed by atoms with Crippen molar-refractivity contribution in [2.75, 3.05) is 26.2 Å². The van der Waals surface area contributed by atoms with E-state index in [2.05, 4.69) is 15.3 Å². The number of hydrogen-bond acceptors (Lipinski definition) is 5. The molecule has 2 fully saturated rings. The van der Waals surface area contributed by atoms with Crippen molar-refractivity contribution in [2.24, 2.45) is 0 Å². The minimum Gasteiger partial charge on any atom is -0.472 e. The molecule has 0 bridgehead atoms. The second kappa shape index (κ2) is 5.94. The lowest BCUT2D eigenvalue weighted by Gasteiger charge is -2.34. The molecule has 0 saturated carbocycles. The fourth-order valence-corrected chi connectivity index (χ4v) is 2.55. The fraction of sp³-hybridized carbons (Fsp3) is 0.538. The van der Waals surface area contributed by atoms with E-state index in [0.717, 1.165) is 12.8 Å². The Morgan fingerprint density at radius 1 is 1.43 bits per heavy atom. The molecule has 2 aliphatic rings. The topological polar surface area (TPSA) is 87.7 Å². The maximum atomic E-state index is 12.3. The first-order valence-corrected chi connectivity index (χ1v) is 7.01. The van der Waals surface area contributed by atoms with E-state index in [9.17, 15) is 9.59 Å². The van der Waals surface area contributed by atoms with Crippen molar-refractivity contribution in [2.45, 2.75) is 18.9 Å². The number of nitrogens with one attached hydrogen (secondary N) is 1. The highest BCUT2D eigenvalue weighted by Crippen LogP contribution is 2.17. The quantitative estimate of drug-likeness (QED) is 0.855. The molecule has 1 atom stereocenters. The Bertz CT molecular complexity index is 524. The molecular weight excluding hydrogens is 274 g/mol. The largest absolute Gasteiger partial charge is 0.472 e. The first kappa shape index (κ1) is 13.6. The Hall–Kier alpha value is -2.38. The minimum atomic E-state index is -0.321. The van der Waals surface area contributed by atoms with Crippen LogP contribution in [0.25, 0.3) is 0 Å². The maximum absolute atomic E-state index is 12.3. The number of hydrogen-bond donors (Lipinski definition) is 1. The molecule has 1 N–H and O–H groups in total. The number of nitrogens with zero attached hydrogens (tertiary/aromatic N) is 4. The van der Waals surface area contributed by atoms with Gasteiger partial charge in [-0.2, -0.15) is 0 Å². The van der Waals surface area contributed by atoms with E-state index < -0.39 is 0 Å². The first-order valence-electron chi connectivity index (χ1n) is 7.01. The Balaban J connectivity index is 1.60. The van der Waals surface area contributed by atoms with Crippen LogP contribution < -0.4 is 10.1 Å². The third-order valence-electron chi connectivity index (χ3n) is 3.58. The molecule has 8 nitrogen and oxygen atoms in total. The van der Waals surface area contributed by atoms with Crippen molar-refractivity contribution in [1.82, 2.24) is 25.1 Å². The molecule has 0 radical (unpaired) electrons. The van der Waals surface area contributed by atoms with E-state index in [4.69, 9.17) is 4.74 Å². The second-order valence-electron chi connectivity index (χ2n) is 5.04. The molecule has 3 heterocycles. The molecule has 4 amide bonds. The van der Waals surface area contributed by atoms with Gasteiger partial charge in [-0.1, -0.05) is 0 Å². The molecule has 0 spiro atoms. The Kier molecular flexibility index (Phi) is 3.85. The van der Waals surface area contributed by atoms with Crippen LogP contribution in [0.3, 0.4) is 0 Å². The van der Waals surface area contributed by atoms with E-state index in [1.165, 1.54) is 11.2 Å². The van der Waals surface area contributed by atoms with E-state index in [1.54, 1.807) is 17.2 Å². The summed E-state index contributed by atoms with van der Waals surface area (Å²) in [5.41, 5.74) is 0. The molecular formula is C13H17N5O3. The van der Waals surface area contributed by atoms with Gasteiger partial charge in [-0.3, -0.25) is 0 Å². The van der Waals surface area contributed by atoms with Gasteiger partial charge < -0.3 is 15.0 Å². The van der Waals surface area contributed by atoms with Crippen LogP contribution in [0.2, 0.25) is 0 Å². The maximum Gasteiger partial charge on any atom is 0.328 e. The molecule has 3 rings (SSSR count). The van der Waals surface area contributed by atoms with Gasteiger partial charge in [0.1, 0.15) is 12.4 Å². The number of imide groups is 1. The van der Waals surface area contributed by atoms with Crippen molar-refractivity contribution in [3.8, 4) is 5.88 Å². The van der Waals surface area contributed by atoms with Gasteiger partial charge in [-0.15, -0.1) is 0 Å². The van der Waals surface area contributed by atoms with Crippen LogP contribution >= 0.6 is 0 Å². The summed E-state index contributed by atoms with van der Waals surface area (Å²) in [6.07, 6.45) is 4.64. The summed E-state index contributed by atoms with van der Waals surface area (Å²) in [6, 6.07) is 1.12. The lowest BCUT2D eigenvalue weighted by molar-refractivity contribution is 0.0881. The molecule has 2 aliphatic heterocycles. The minimum absolute atomic E-state index is 0.108. The van der Waals surface area contributed by atoms with Gasteiger partial charge in [-0.05, 0) is 12.8 Å². The first-order chi connectivity index (χ1) is 10.2. The summed E-state index contributed by atoms with van der Waals surface area (Å²) >= 11 is 0. The van der Waals surface area contributed by atoms with E-state index >= 15 is 0 Å². The fourth-order valence-electron chi connectivity index (χ4n) is 2.55. The number of ether oxygens (including phenoxy) is 1. The zero-order valence-electron chi connectivity index (χ0n) is 11.6. The Morgan fingerprint density at radius 3 is 3.05 bits per heavy atom. The van der Waals surface area contributed by atoms with Gasteiger partial charge in [0.15, 0.2) is 0 Å². The lowest BCUT2D eigenvalue weighted by atomic mass is 10.1. The summed E-state index contributed by atoms with van der Waals surface area (Å²) < 4.78 is 5.76. The average Bonchev–Trinajstić information content (AvgIpc) is 2.94. The van der Waals surface area contributed by atoms with Crippen LogP contribution in [0.15, 0.2) is 18.6 Å². The number of carbonyl (C=O) groups excluding carboxylic acids is 2. The van der Waals surface area contributed by atoms with Gasteiger partial charge in [0.2, 0.25) is 5.88 Å². The number of urea groups is 2. The smallest absolute Gasteiger partial charge is 0.328 e. The van der Waals surface area contributed by atoms with Gasteiger partial charge >= 0.3 is 12.1 Å². The number of likely N-dealkylation sites (tertiary alicyclic amines) is 1. The molecule has 1 aromatic heterocycles. The molecule has 1 unspecified atom stereocenters. The van der Waals surface area contributed by atoms with Gasteiger partial charge in [-0.25, -0.2) is 24.5 Å². The molecule has 2 saturated heterocycles. The summed E-state index contributed by atoms with van der Waals surface area (Å²) in [5, 5.41) is 2.63. The molecule has 1 aromatic rings. The average molecular weight is 291 g/mol. The van der Waals surface area contributed by atoms with Crippen LogP contribution in [0, 0.1) is 0 Å². The summed E-state index contributed by atoms with van der Waals surface area (Å²) in [4.78, 5) is 34.6. The zero-order valence-corrected chi connectivity index (χ0v) is 11.6. The second-order valence-corrected chi connectivity index (χ2v) is 5.04. The van der Waals surface area contributed by atoms with Crippen LogP contribution in [0.5, 0.6) is 5.88 Å². The van der Waals surface area contributed by atoms with Crippen molar-refractivity contribution < 1.29 is 14.3 Å². The monoisotopic (exact) mass is 291 g/mol. The predicted molar refractivity (Wildman–Crippen MR) is 72.8 cm³/mol. The molecule has 8 heteroatoms. The highest BCUT2D eigenvalue weighted by Gasteiger charge is 2.33. The molecule has 21 heavy (non-hydrogen) atoms. The summed E-state index contributed by atoms with van der Waals surface area (Å²) in [6.45, 7) is 2.05. The number of rotatable bonds is 2. The third kappa shape index (κ3) is 3.04. The normalized spacial score (nSPS) is 22.1. The number of aromatic nitrogens is 2. The summed E-state index contributed by atoms with van der Waals surface area (Å²) in [5.74, 6) is 0.503. The highest BCUT2D eigenvalue weighted by atomic mass is 16.5.